The third-order valence-corrected chi connectivity index (χ3v) is 5.56. The molecule has 0 aromatic rings. The van der Waals surface area contributed by atoms with E-state index in [2.05, 4.69) is 33.8 Å². The fourth-order valence-corrected chi connectivity index (χ4v) is 4.39. The Labute approximate surface area is 167 Å². The summed E-state index contributed by atoms with van der Waals surface area (Å²) in [7, 11) is 0. The quantitative estimate of drug-likeness (QED) is 0.414. The van der Waals surface area contributed by atoms with Crippen LogP contribution in [0.2, 0.25) is 0 Å². The maximum absolute atomic E-state index is 10.9. The predicted molar refractivity (Wildman–Crippen MR) is 114 cm³/mol. The van der Waals surface area contributed by atoms with Crippen molar-refractivity contribution in [1.29, 1.82) is 0 Å². The molecule has 0 amide bonds. The summed E-state index contributed by atoms with van der Waals surface area (Å²) in [4.78, 5) is 10.9. The lowest BCUT2D eigenvalue weighted by atomic mass is 9.84. The lowest BCUT2D eigenvalue weighted by molar-refractivity contribution is -0.145. The van der Waals surface area contributed by atoms with E-state index < -0.39 is 0 Å². The van der Waals surface area contributed by atoms with Gasteiger partial charge in [0.25, 0.3) is 0 Å². The summed E-state index contributed by atoms with van der Waals surface area (Å²) < 4.78 is 5.26. The van der Waals surface area contributed by atoms with Gasteiger partial charge in [0.1, 0.15) is 6.10 Å². The molecule has 0 saturated heterocycles. The number of rotatable bonds is 7. The molecule has 2 aliphatic rings. The zero-order valence-corrected chi connectivity index (χ0v) is 18.3. The summed E-state index contributed by atoms with van der Waals surface area (Å²) in [5, 5.41) is 9.47. The molecular formula is C24H42O3. The Morgan fingerprint density at radius 1 is 1.00 bits per heavy atom. The number of hydrogen-bond acceptors (Lipinski definition) is 3. The number of ether oxygens (including phenoxy) is 1. The minimum Gasteiger partial charge on any atom is -0.458 e. The number of aliphatic hydroxyl groups excluding tert-OH is 1. The van der Waals surface area contributed by atoms with Crippen LogP contribution in [0.25, 0.3) is 0 Å². The van der Waals surface area contributed by atoms with Crippen LogP contribution in [0.1, 0.15) is 98.8 Å². The largest absolute Gasteiger partial charge is 0.458 e. The van der Waals surface area contributed by atoms with Gasteiger partial charge in [-0.25, -0.2) is 0 Å². The highest BCUT2D eigenvalue weighted by atomic mass is 16.5. The molecule has 0 heterocycles. The van der Waals surface area contributed by atoms with Crippen LogP contribution in [-0.2, 0) is 9.53 Å². The number of carbonyl (C=O) groups excluding carboxylic acids is 1. The van der Waals surface area contributed by atoms with Crippen molar-refractivity contribution in [2.24, 2.45) is 11.8 Å². The van der Waals surface area contributed by atoms with Crippen molar-refractivity contribution < 1.29 is 14.6 Å². The third kappa shape index (κ3) is 10.7. The average molecular weight is 379 g/mol. The van der Waals surface area contributed by atoms with Crippen LogP contribution in [0.4, 0.5) is 0 Å². The van der Waals surface area contributed by atoms with Gasteiger partial charge in [-0.1, -0.05) is 69.6 Å². The fraction of sp³-hybridized carbons (Fsp3) is 0.792. The van der Waals surface area contributed by atoms with E-state index >= 15 is 0 Å². The summed E-state index contributed by atoms with van der Waals surface area (Å²) in [6.07, 6.45) is 16.0. The highest BCUT2D eigenvalue weighted by molar-refractivity contribution is 5.66. The van der Waals surface area contributed by atoms with Gasteiger partial charge in [0, 0.05) is 6.92 Å². The van der Waals surface area contributed by atoms with E-state index in [0.29, 0.717) is 5.92 Å². The van der Waals surface area contributed by atoms with Gasteiger partial charge in [0.15, 0.2) is 0 Å². The molecule has 4 atom stereocenters. The van der Waals surface area contributed by atoms with Crippen molar-refractivity contribution in [3.8, 4) is 0 Å². The molecule has 156 valence electrons. The van der Waals surface area contributed by atoms with Crippen LogP contribution in [0.3, 0.4) is 0 Å². The second kappa shape index (κ2) is 13.1. The first kappa shape index (κ1) is 23.9. The number of allylic oxidation sites excluding steroid dienone is 2. The van der Waals surface area contributed by atoms with E-state index in [9.17, 15) is 9.90 Å². The van der Waals surface area contributed by atoms with Crippen molar-refractivity contribution in [1.82, 2.24) is 0 Å². The van der Waals surface area contributed by atoms with Crippen LogP contribution < -0.4 is 0 Å². The summed E-state index contributed by atoms with van der Waals surface area (Å²) in [6.45, 7) is 10.2. The van der Waals surface area contributed by atoms with Crippen molar-refractivity contribution in [2.45, 2.75) is 111 Å². The second-order valence-electron chi connectivity index (χ2n) is 8.64. The fourth-order valence-electron chi connectivity index (χ4n) is 4.39. The molecule has 2 aliphatic carbocycles. The summed E-state index contributed by atoms with van der Waals surface area (Å²) in [5.74, 6) is 1.28. The van der Waals surface area contributed by atoms with Gasteiger partial charge < -0.3 is 9.84 Å². The first-order chi connectivity index (χ1) is 12.8. The van der Waals surface area contributed by atoms with Gasteiger partial charge in [-0.3, -0.25) is 4.79 Å². The molecule has 2 rings (SSSR count). The second-order valence-corrected chi connectivity index (χ2v) is 8.64. The molecule has 3 nitrogen and oxygen atoms in total. The van der Waals surface area contributed by atoms with E-state index in [1.54, 1.807) is 0 Å². The SMILES string of the molecule is CCCCC1CC(C)=CC(O)C1.CCCCC1CC(C)=CC(OC(C)=O)C1. The van der Waals surface area contributed by atoms with Gasteiger partial charge in [0.05, 0.1) is 6.10 Å². The van der Waals surface area contributed by atoms with Gasteiger partial charge in [-0.05, 0) is 57.4 Å². The maximum Gasteiger partial charge on any atom is 0.303 e. The molecule has 0 fully saturated rings. The van der Waals surface area contributed by atoms with Crippen molar-refractivity contribution in [2.75, 3.05) is 0 Å². The first-order valence-electron chi connectivity index (χ1n) is 11.0. The number of esters is 1. The zero-order chi connectivity index (χ0) is 20.2. The molecule has 0 aromatic carbocycles. The Bertz CT molecular complexity index is 492. The number of carbonyl (C=O) groups is 1. The molecule has 27 heavy (non-hydrogen) atoms. The highest BCUT2D eigenvalue weighted by Gasteiger charge is 2.22. The van der Waals surface area contributed by atoms with Gasteiger partial charge >= 0.3 is 5.97 Å². The Hall–Kier alpha value is -1.09. The molecule has 1 N–H and O–H groups in total. The van der Waals surface area contributed by atoms with E-state index in [0.717, 1.165) is 18.8 Å². The Morgan fingerprint density at radius 2 is 1.52 bits per heavy atom. The number of hydrogen-bond donors (Lipinski definition) is 1. The smallest absolute Gasteiger partial charge is 0.303 e. The van der Waals surface area contributed by atoms with E-state index in [4.69, 9.17) is 4.74 Å². The number of unbranched alkanes of at least 4 members (excludes halogenated alkanes) is 2. The minimum absolute atomic E-state index is 0.0260. The maximum atomic E-state index is 10.9. The Kier molecular flexibility index (Phi) is 11.7. The normalized spacial score (nSPS) is 27.8. The lowest BCUT2D eigenvalue weighted by Gasteiger charge is -2.27. The van der Waals surface area contributed by atoms with Gasteiger partial charge in [0.2, 0.25) is 0 Å². The van der Waals surface area contributed by atoms with Crippen LogP contribution in [0.5, 0.6) is 0 Å². The van der Waals surface area contributed by atoms with Crippen molar-refractivity contribution in [3.05, 3.63) is 23.3 Å². The Balaban J connectivity index is 0.000000277. The van der Waals surface area contributed by atoms with E-state index in [1.165, 1.54) is 69.4 Å². The topological polar surface area (TPSA) is 46.5 Å². The predicted octanol–water partition coefficient (Wildman–Crippen LogP) is 6.36. The third-order valence-electron chi connectivity index (χ3n) is 5.56. The number of aliphatic hydroxyl groups is 1. The first-order valence-corrected chi connectivity index (χ1v) is 11.0. The minimum atomic E-state index is -0.166. The molecule has 0 saturated carbocycles. The molecule has 0 bridgehead atoms. The van der Waals surface area contributed by atoms with Crippen LogP contribution in [-0.4, -0.2) is 23.3 Å². The summed E-state index contributed by atoms with van der Waals surface area (Å²) in [6, 6.07) is 0. The van der Waals surface area contributed by atoms with E-state index in [-0.39, 0.29) is 18.2 Å². The standard InChI is InChI=1S/C13H22O2.C11H20O/c1-4-5-6-12-7-10(2)8-13(9-12)15-11(3)14;1-3-4-5-10-6-9(2)7-11(12)8-10/h8,12-13H,4-7,9H2,1-3H3;7,10-12H,3-6,8H2,1-2H3. The van der Waals surface area contributed by atoms with Crippen LogP contribution in [0, 0.1) is 11.8 Å². The van der Waals surface area contributed by atoms with Crippen LogP contribution >= 0.6 is 0 Å². The molecule has 0 radical (unpaired) electrons. The van der Waals surface area contributed by atoms with Crippen LogP contribution in [0.15, 0.2) is 23.3 Å². The van der Waals surface area contributed by atoms with Crippen molar-refractivity contribution in [3.63, 3.8) is 0 Å². The Morgan fingerprint density at radius 3 is 2.00 bits per heavy atom. The van der Waals surface area contributed by atoms with Gasteiger partial charge in [-0.15, -0.1) is 0 Å². The van der Waals surface area contributed by atoms with Gasteiger partial charge in [-0.2, -0.15) is 0 Å². The lowest BCUT2D eigenvalue weighted by Crippen LogP contribution is -2.22. The average Bonchev–Trinajstić information content (AvgIpc) is 2.57. The summed E-state index contributed by atoms with van der Waals surface area (Å²) >= 11 is 0. The molecule has 0 spiro atoms. The molecule has 4 unspecified atom stereocenters. The molecule has 0 aromatic heterocycles. The highest BCUT2D eigenvalue weighted by Crippen LogP contribution is 2.30. The monoisotopic (exact) mass is 378 g/mol. The summed E-state index contributed by atoms with van der Waals surface area (Å²) in [5.41, 5.74) is 2.74. The molecule has 3 heteroatoms. The van der Waals surface area contributed by atoms with E-state index in [1.807, 2.05) is 6.08 Å². The molecule has 0 aliphatic heterocycles. The zero-order valence-electron chi connectivity index (χ0n) is 18.3. The van der Waals surface area contributed by atoms with Crippen molar-refractivity contribution >= 4 is 5.97 Å². The molecular weight excluding hydrogens is 336 g/mol.